The predicted octanol–water partition coefficient (Wildman–Crippen LogP) is 4.28. The summed E-state index contributed by atoms with van der Waals surface area (Å²) in [5, 5.41) is 11.1. The van der Waals surface area contributed by atoms with Gasteiger partial charge in [-0.2, -0.15) is 0 Å². The molecule has 1 saturated heterocycles. The third kappa shape index (κ3) is 21.9. The largest absolute Gasteiger partial charge is 0.343 e. The number of nitrogens with one attached hydrogen (secondary N) is 4. The zero-order valence-corrected chi connectivity index (χ0v) is 55.1. The summed E-state index contributed by atoms with van der Waals surface area (Å²) in [6.45, 7) is 28.3. The zero-order valence-electron chi connectivity index (χ0n) is 55.1. The van der Waals surface area contributed by atoms with Crippen molar-refractivity contribution < 1.29 is 52.7 Å². The highest BCUT2D eigenvalue weighted by molar-refractivity contribution is 5.99. The van der Waals surface area contributed by atoms with E-state index in [1.165, 1.54) is 97.5 Å². The Labute approximate surface area is 498 Å². The second-order valence-corrected chi connectivity index (χ2v) is 25.7. The second-order valence-electron chi connectivity index (χ2n) is 25.7. The quantitative estimate of drug-likeness (QED) is 0.159. The molecule has 1 rings (SSSR count). The van der Waals surface area contributed by atoms with E-state index >= 15 is 9.59 Å². The van der Waals surface area contributed by atoms with Crippen molar-refractivity contribution in [3.8, 4) is 0 Å². The fourth-order valence-electron chi connectivity index (χ4n) is 10.6. The van der Waals surface area contributed by atoms with Crippen LogP contribution in [0.25, 0.3) is 0 Å². The minimum Gasteiger partial charge on any atom is -0.343 e. The molecular weight excluding hydrogens is 1060 g/mol. The first kappa shape index (κ1) is 75.2. The van der Waals surface area contributed by atoms with E-state index < -0.39 is 144 Å². The smallest absolute Gasteiger partial charge is 0.246 e. The molecule has 0 bridgehead atoms. The molecule has 0 aromatic carbocycles. The molecular formula is C61H111N11O11. The van der Waals surface area contributed by atoms with Crippen LogP contribution in [0, 0.1) is 35.5 Å². The van der Waals surface area contributed by atoms with Gasteiger partial charge in [0.25, 0.3) is 0 Å². The van der Waals surface area contributed by atoms with Crippen LogP contribution in [0.5, 0.6) is 0 Å². The van der Waals surface area contributed by atoms with Gasteiger partial charge in [0.05, 0.1) is 6.54 Å². The van der Waals surface area contributed by atoms with E-state index in [2.05, 4.69) is 28.2 Å². The molecule has 4 N–H and O–H groups in total. The average Bonchev–Trinajstić information content (AvgIpc) is 3.59. The molecule has 476 valence electrons. The standard InChI is InChI=1S/C61H111N11O11/c1-24-26-27-28-29-44-53(75)64-43(25-2)57(79)66(17)34-49(73)67(18)45(30-35(3)4)55(77)65-50(39(11)12)60(82)69(20)46(31-36(5)6)54(76)62-41(15)52(74)63-42(16)56(78)70(21)47(32-37(7)8)58(80)71(22)48(33-38(9)10)59(81)72(23)51(40(13)14)61(83)68(44)19/h35-48,50-51H,24-34H2,1-23H3,(H,62,76)(H,63,74)(H,64,75)(H,65,77)/t41?,42-,43?,44?,45-,46-,47+,48+,50-,51+/m1/s1. The monoisotopic (exact) mass is 1170 g/mol. The highest BCUT2D eigenvalue weighted by Gasteiger charge is 2.44. The molecule has 1 heterocycles. The molecule has 3 unspecified atom stereocenters. The molecule has 0 aromatic heterocycles. The maximum Gasteiger partial charge on any atom is 0.246 e. The first-order valence-corrected chi connectivity index (χ1v) is 30.4. The summed E-state index contributed by atoms with van der Waals surface area (Å²) < 4.78 is 0. The number of likely N-dealkylation sites (N-methyl/N-ethyl adjacent to an activating group) is 7. The van der Waals surface area contributed by atoms with Crippen molar-refractivity contribution in [1.82, 2.24) is 55.6 Å². The Hall–Kier alpha value is -5.83. The first-order chi connectivity index (χ1) is 38.4. The maximum atomic E-state index is 15.0. The van der Waals surface area contributed by atoms with Gasteiger partial charge < -0.3 is 55.6 Å². The lowest BCUT2D eigenvalue weighted by Crippen LogP contribution is -2.61. The zero-order chi connectivity index (χ0) is 64.2. The minimum absolute atomic E-state index is 0.108. The predicted molar refractivity (Wildman–Crippen MR) is 323 cm³/mol. The second kappa shape index (κ2) is 34.8. The van der Waals surface area contributed by atoms with E-state index in [1.807, 2.05) is 55.4 Å². The fraction of sp³-hybridized carbons (Fsp3) is 0.820. The van der Waals surface area contributed by atoms with Crippen molar-refractivity contribution in [2.24, 2.45) is 35.5 Å². The van der Waals surface area contributed by atoms with Crippen molar-refractivity contribution in [3.63, 3.8) is 0 Å². The van der Waals surface area contributed by atoms with E-state index in [0.29, 0.717) is 6.42 Å². The van der Waals surface area contributed by atoms with Crippen molar-refractivity contribution >= 4 is 65.0 Å². The molecule has 0 aromatic rings. The number of hydrogen-bond donors (Lipinski definition) is 4. The number of hydrogen-bond acceptors (Lipinski definition) is 11. The van der Waals surface area contributed by atoms with Gasteiger partial charge in [0.1, 0.15) is 60.4 Å². The Morgan fingerprint density at radius 2 is 0.807 bits per heavy atom. The van der Waals surface area contributed by atoms with E-state index in [-0.39, 0.29) is 62.2 Å². The van der Waals surface area contributed by atoms with E-state index in [1.54, 1.807) is 34.6 Å². The van der Waals surface area contributed by atoms with Gasteiger partial charge in [-0.25, -0.2) is 0 Å². The number of carbonyl (C=O) groups excluding carboxylic acids is 11. The first-order valence-electron chi connectivity index (χ1n) is 30.4. The van der Waals surface area contributed by atoms with Crippen LogP contribution in [0.2, 0.25) is 0 Å². The van der Waals surface area contributed by atoms with Crippen molar-refractivity contribution in [2.45, 2.75) is 235 Å². The number of unbranched alkanes of at least 4 members (excludes halogenated alkanes) is 3. The third-order valence-electron chi connectivity index (χ3n) is 15.8. The third-order valence-corrected chi connectivity index (χ3v) is 15.8. The van der Waals surface area contributed by atoms with Crippen LogP contribution in [0.1, 0.15) is 175 Å². The summed E-state index contributed by atoms with van der Waals surface area (Å²) in [6, 6.07) is -11.3. The molecule has 22 nitrogen and oxygen atoms in total. The van der Waals surface area contributed by atoms with Crippen molar-refractivity contribution in [2.75, 3.05) is 55.9 Å². The Kier molecular flexibility index (Phi) is 31.5. The van der Waals surface area contributed by atoms with Crippen LogP contribution in [0.3, 0.4) is 0 Å². The Balaban J connectivity index is 4.22. The lowest BCUT2D eigenvalue weighted by Gasteiger charge is -2.41. The number of nitrogens with zero attached hydrogens (tertiary/aromatic N) is 7. The Morgan fingerprint density at radius 1 is 0.398 bits per heavy atom. The molecule has 11 amide bonds. The van der Waals surface area contributed by atoms with Gasteiger partial charge in [-0.1, -0.05) is 123 Å². The summed E-state index contributed by atoms with van der Waals surface area (Å²) in [7, 11) is 10.3. The van der Waals surface area contributed by atoms with Crippen LogP contribution >= 0.6 is 0 Å². The van der Waals surface area contributed by atoms with Gasteiger partial charge in [-0.15, -0.1) is 0 Å². The molecule has 0 saturated carbocycles. The SMILES string of the molecule is CCCCCCC1C(=O)NC(CC)C(=O)N(C)CC(=O)N(C)[C@H](CC(C)C)C(=O)N[C@H](C(C)C)C(=O)N(C)[C@H](CC(C)C)C(=O)NC(C)C(=O)N[C@H](C)C(=O)N(C)[C@@H](CC(C)C)C(=O)N(C)[C@@H](CC(C)C)C(=O)N(C)[C@@H](C(C)C)C(=O)N1C. The molecule has 83 heavy (non-hydrogen) atoms. The molecule has 0 aliphatic carbocycles. The summed E-state index contributed by atoms with van der Waals surface area (Å²) in [5.74, 6) is -8.02. The molecule has 0 spiro atoms. The van der Waals surface area contributed by atoms with E-state index in [9.17, 15) is 43.2 Å². The van der Waals surface area contributed by atoms with Crippen LogP contribution < -0.4 is 21.3 Å². The van der Waals surface area contributed by atoms with Gasteiger partial charge in [0.2, 0.25) is 65.0 Å². The molecule has 1 aliphatic rings. The number of rotatable bonds is 16. The van der Waals surface area contributed by atoms with E-state index in [0.717, 1.165) is 19.3 Å². The highest BCUT2D eigenvalue weighted by Crippen LogP contribution is 2.25. The maximum absolute atomic E-state index is 15.0. The summed E-state index contributed by atoms with van der Waals surface area (Å²) in [5.41, 5.74) is 0. The number of carbonyl (C=O) groups is 11. The van der Waals surface area contributed by atoms with Gasteiger partial charge in [-0.05, 0) is 87.9 Å². The fourth-order valence-corrected chi connectivity index (χ4v) is 10.6. The minimum atomic E-state index is -1.21. The Bertz CT molecular complexity index is 2200. The van der Waals surface area contributed by atoms with E-state index in [4.69, 9.17) is 0 Å². The lowest BCUT2D eigenvalue weighted by atomic mass is 9.95. The van der Waals surface area contributed by atoms with Crippen LogP contribution in [-0.4, -0.2) is 216 Å². The lowest BCUT2D eigenvalue weighted by molar-refractivity contribution is -0.156. The van der Waals surface area contributed by atoms with Gasteiger partial charge in [0.15, 0.2) is 0 Å². The van der Waals surface area contributed by atoms with Crippen LogP contribution in [0.15, 0.2) is 0 Å². The summed E-state index contributed by atoms with van der Waals surface area (Å²) >= 11 is 0. The van der Waals surface area contributed by atoms with Crippen molar-refractivity contribution in [3.05, 3.63) is 0 Å². The van der Waals surface area contributed by atoms with Crippen molar-refractivity contribution in [1.29, 1.82) is 0 Å². The summed E-state index contributed by atoms with van der Waals surface area (Å²) in [6.07, 6.45) is 4.25. The highest BCUT2D eigenvalue weighted by atomic mass is 16.2. The average molecular weight is 1170 g/mol. The molecule has 22 heteroatoms. The van der Waals surface area contributed by atoms with Gasteiger partial charge >= 0.3 is 0 Å². The Morgan fingerprint density at radius 3 is 1.27 bits per heavy atom. The molecule has 1 aliphatic heterocycles. The van der Waals surface area contributed by atoms with Gasteiger partial charge in [0, 0.05) is 49.3 Å². The van der Waals surface area contributed by atoms with Crippen LogP contribution in [-0.2, 0) is 52.7 Å². The normalized spacial score (nSPS) is 26.4. The summed E-state index contributed by atoms with van der Waals surface area (Å²) in [4.78, 5) is 168. The molecule has 10 atom stereocenters. The van der Waals surface area contributed by atoms with Crippen LogP contribution in [0.4, 0.5) is 0 Å². The van der Waals surface area contributed by atoms with Gasteiger partial charge in [-0.3, -0.25) is 52.7 Å². The number of amides is 11. The topological polar surface area (TPSA) is 259 Å². The molecule has 0 radical (unpaired) electrons. The molecule has 1 fully saturated rings.